The number of nitrogens with zero attached hydrogens (tertiary/aromatic N) is 3. The molecule has 0 fully saturated rings. The molecule has 2 aromatic heterocycles. The third-order valence-corrected chi connectivity index (χ3v) is 8.02. The molecule has 13 heteroatoms. The molecule has 2 aliphatic carbocycles. The van der Waals surface area contributed by atoms with Gasteiger partial charge in [0.2, 0.25) is 11.6 Å². The molecule has 10 nitrogen and oxygen atoms in total. The van der Waals surface area contributed by atoms with Gasteiger partial charge in [-0.15, -0.1) is 0 Å². The number of alkyl halides is 1. The third-order valence-electron chi connectivity index (χ3n) is 8.02. The molecule has 0 aliphatic heterocycles. The lowest BCUT2D eigenvalue weighted by molar-refractivity contribution is 0.0810. The van der Waals surface area contributed by atoms with Crippen LogP contribution in [0, 0.1) is 11.6 Å². The first kappa shape index (κ1) is 32.9. The van der Waals surface area contributed by atoms with Gasteiger partial charge in [0.25, 0.3) is 11.6 Å². The second kappa shape index (κ2) is 14.5. The van der Waals surface area contributed by atoms with Gasteiger partial charge in [-0.25, -0.2) is 18.7 Å². The molecule has 1 N–H and O–H groups in total. The number of nitrogens with one attached hydrogen (secondary N) is 1. The fourth-order valence-electron chi connectivity index (χ4n) is 5.57. The standard InChI is InChI=1S/C19H13FN2O3.C18H11FN2O3.CH3F/c1-22-15(10-25-12-8-6-11(20)7-9-12)21-16-13-4-2-3-5-14(13)18(23)19(24)17(16)22;19-10-5-7-11(8-6-10)24-9-14-20-15-12-3-1-2-4-13(12)17(22)18(23)16(15)21-14;1-2/h2-9H,10H2,1H3;1-8H,9H2,(H,20,21);1H3/i;;1D. The number of H-pyrrole nitrogens is 1. The highest BCUT2D eigenvalue weighted by Gasteiger charge is 2.35. The van der Waals surface area contributed by atoms with Crippen molar-refractivity contribution in [3.8, 4) is 34.0 Å². The van der Waals surface area contributed by atoms with Gasteiger partial charge in [-0.2, -0.15) is 0 Å². The molecule has 0 radical (unpaired) electrons. The van der Waals surface area contributed by atoms with E-state index in [1.165, 1.54) is 48.5 Å². The summed E-state index contributed by atoms with van der Waals surface area (Å²) in [5.41, 5.74) is 3.37. The van der Waals surface area contributed by atoms with Gasteiger partial charge in [-0.05, 0) is 48.5 Å². The lowest BCUT2D eigenvalue weighted by Gasteiger charge is -2.14. The maximum Gasteiger partial charge on any atom is 0.252 e. The highest BCUT2D eigenvalue weighted by molar-refractivity contribution is 6.53. The number of aromatic nitrogens is 4. The molecule has 0 atom stereocenters. The Labute approximate surface area is 289 Å². The van der Waals surface area contributed by atoms with E-state index in [2.05, 4.69) is 15.0 Å². The largest absolute Gasteiger partial charge is 0.486 e. The van der Waals surface area contributed by atoms with Crippen LogP contribution in [-0.2, 0) is 20.3 Å². The maximum absolute atomic E-state index is 12.9. The number of aromatic amines is 1. The Hall–Kier alpha value is -6.63. The van der Waals surface area contributed by atoms with Gasteiger partial charge < -0.3 is 19.0 Å². The number of benzene rings is 4. The van der Waals surface area contributed by atoms with Crippen LogP contribution in [0.4, 0.5) is 13.2 Å². The van der Waals surface area contributed by atoms with E-state index in [0.29, 0.717) is 56.8 Å². The van der Waals surface area contributed by atoms with Crippen molar-refractivity contribution in [1.29, 1.82) is 0 Å². The van der Waals surface area contributed by atoms with Crippen molar-refractivity contribution >= 4 is 23.1 Å². The van der Waals surface area contributed by atoms with Crippen LogP contribution in [0.25, 0.3) is 22.5 Å². The number of ether oxygens (including phenoxy) is 2. The first-order valence-electron chi connectivity index (χ1n) is 15.9. The number of fused-ring (bicyclic) bond motifs is 6. The van der Waals surface area contributed by atoms with Crippen molar-refractivity contribution in [2.75, 3.05) is 7.15 Å². The van der Waals surface area contributed by atoms with E-state index in [0.717, 1.165) is 0 Å². The van der Waals surface area contributed by atoms with Crippen molar-refractivity contribution in [3.05, 3.63) is 143 Å². The number of carbonyl (C=O) groups is 4. The van der Waals surface area contributed by atoms with E-state index in [-0.39, 0.29) is 36.2 Å². The number of ketones is 4. The summed E-state index contributed by atoms with van der Waals surface area (Å²) in [6.45, 7) is 0.168. The van der Waals surface area contributed by atoms with E-state index in [1.54, 1.807) is 60.1 Å². The van der Waals surface area contributed by atoms with E-state index in [9.17, 15) is 32.3 Å². The van der Waals surface area contributed by atoms with Crippen LogP contribution in [0.2, 0.25) is 0 Å². The van der Waals surface area contributed by atoms with Crippen LogP contribution in [-0.4, -0.2) is 49.8 Å². The zero-order chi connectivity index (χ0) is 36.9. The number of hydrogen-bond acceptors (Lipinski definition) is 8. The van der Waals surface area contributed by atoms with Gasteiger partial charge in [-0.1, -0.05) is 48.5 Å². The van der Waals surface area contributed by atoms with Crippen molar-refractivity contribution < 1.29 is 43.2 Å². The highest BCUT2D eigenvalue weighted by atomic mass is 19.1. The van der Waals surface area contributed by atoms with Gasteiger partial charge in [0.15, 0.2) is 0 Å². The Morgan fingerprint density at radius 2 is 1.12 bits per heavy atom. The first-order valence-corrected chi connectivity index (χ1v) is 15.2. The molecule has 6 aromatic rings. The minimum atomic E-state index is -1.00. The van der Waals surface area contributed by atoms with Crippen LogP contribution in [0.5, 0.6) is 11.5 Å². The van der Waals surface area contributed by atoms with Gasteiger partial charge in [0.05, 0.1) is 8.52 Å². The topological polar surface area (TPSA) is 133 Å². The predicted octanol–water partition coefficient (Wildman–Crippen LogP) is 6.94. The molecule has 4 aromatic carbocycles. The Morgan fingerprint density at radius 3 is 1.67 bits per heavy atom. The quantitative estimate of drug-likeness (QED) is 0.186. The van der Waals surface area contributed by atoms with Crippen molar-refractivity contribution in [1.82, 2.24) is 19.5 Å². The molecule has 2 aliphatic rings. The number of Topliss-reactive ketones (excluding diaryl/α,β-unsaturated/α-hetero) is 4. The molecule has 2 heterocycles. The first-order chi connectivity index (χ1) is 25.1. The molecule has 0 unspecified atom stereocenters. The smallest absolute Gasteiger partial charge is 0.252 e. The zero-order valence-corrected chi connectivity index (χ0v) is 26.8. The van der Waals surface area contributed by atoms with Crippen molar-refractivity contribution in [2.45, 2.75) is 13.2 Å². The van der Waals surface area contributed by atoms with Crippen molar-refractivity contribution in [2.24, 2.45) is 7.05 Å². The molecule has 51 heavy (non-hydrogen) atoms. The van der Waals surface area contributed by atoms with Crippen LogP contribution >= 0.6 is 0 Å². The van der Waals surface area contributed by atoms with Gasteiger partial charge in [-0.3, -0.25) is 23.6 Å². The Morgan fingerprint density at radius 1 is 0.647 bits per heavy atom. The van der Waals surface area contributed by atoms with Crippen LogP contribution in [0.15, 0.2) is 97.1 Å². The Balaban J connectivity index is 0.000000166. The second-order valence-corrected chi connectivity index (χ2v) is 11.1. The number of hydrogen-bond donors (Lipinski definition) is 1. The Kier molecular flexibility index (Phi) is 9.33. The summed E-state index contributed by atoms with van der Waals surface area (Å²) >= 11 is 0. The lowest BCUT2D eigenvalue weighted by Crippen LogP contribution is -2.23. The third kappa shape index (κ3) is 6.69. The normalized spacial score (nSPS) is 12.6. The van der Waals surface area contributed by atoms with E-state index < -0.39 is 30.3 Å². The summed E-state index contributed by atoms with van der Waals surface area (Å²) in [6.07, 6.45) is 0. The van der Waals surface area contributed by atoms with Crippen LogP contribution in [0.3, 0.4) is 0 Å². The van der Waals surface area contributed by atoms with Crippen LogP contribution < -0.4 is 9.47 Å². The van der Waals surface area contributed by atoms with Crippen molar-refractivity contribution in [3.63, 3.8) is 0 Å². The lowest BCUT2D eigenvalue weighted by atomic mass is 9.90. The summed E-state index contributed by atoms with van der Waals surface area (Å²) in [7, 11) is 0.675. The van der Waals surface area contributed by atoms with E-state index in [1.807, 2.05) is 0 Å². The fraction of sp³-hybridized carbons (Fsp3) is 0.105. The zero-order valence-electron chi connectivity index (χ0n) is 27.8. The predicted molar refractivity (Wildman–Crippen MR) is 178 cm³/mol. The summed E-state index contributed by atoms with van der Waals surface area (Å²) < 4.78 is 54.0. The number of halogens is 3. The molecule has 0 saturated carbocycles. The molecular weight excluding hydrogens is 665 g/mol. The minimum Gasteiger partial charge on any atom is -0.486 e. The average molecular weight is 694 g/mol. The van der Waals surface area contributed by atoms with Gasteiger partial charge >= 0.3 is 0 Å². The average Bonchev–Trinajstić information content (AvgIpc) is 3.74. The number of carbonyl (C=O) groups excluding carboxylic acids is 4. The fourth-order valence-corrected chi connectivity index (χ4v) is 5.57. The Bertz CT molecular complexity index is 2320. The summed E-state index contributed by atoms with van der Waals surface area (Å²) in [5, 5.41) is 0. The number of imidazole rings is 2. The number of rotatable bonds is 6. The van der Waals surface area contributed by atoms with E-state index in [4.69, 9.17) is 10.8 Å². The maximum atomic E-state index is 12.9. The minimum absolute atomic E-state index is 0.0717. The molecule has 0 amide bonds. The molecule has 8 rings (SSSR count). The molecule has 256 valence electrons. The summed E-state index contributed by atoms with van der Waals surface area (Å²) in [5.74, 6) is -1.06. The second-order valence-electron chi connectivity index (χ2n) is 11.1. The molecular formula is C38H27F3N4O6. The molecule has 0 bridgehead atoms. The molecule has 0 saturated heterocycles. The van der Waals surface area contributed by atoms with Gasteiger partial charge in [0, 0.05) is 29.3 Å². The monoisotopic (exact) mass is 693 g/mol. The summed E-state index contributed by atoms with van der Waals surface area (Å²) in [4.78, 5) is 60.8. The highest BCUT2D eigenvalue weighted by Crippen LogP contribution is 2.34. The van der Waals surface area contributed by atoms with E-state index >= 15 is 0 Å². The SMILES string of the molecule is Cn1c(COc2ccc(F)cc2)nc2c1C(=O)C(=O)c1ccccc1-2.O=C1C(=O)c2[nH]c(COc3ccc(F)cc3)nc2-c2ccccc21.[2H]CF. The summed E-state index contributed by atoms with van der Waals surface area (Å²) in [6, 6.07) is 25.0. The van der Waals surface area contributed by atoms with Crippen LogP contribution in [0.1, 0.15) is 54.7 Å². The van der Waals surface area contributed by atoms with Gasteiger partial charge in [0.1, 0.15) is 70.8 Å². The molecule has 0 spiro atoms.